The second kappa shape index (κ2) is 7.84. The Balaban J connectivity index is 2.13. The number of benzene rings is 1. The maximum atomic E-state index is 11.3. The molecule has 0 spiro atoms. The standard InChI is InChI=1S/C14H22N2O2/c1-11(2)14(18)16-9-8-15-10-13(17)12-6-4-3-5-7-12/h3-7,11,13,15,17H,8-10H2,1-2H3,(H,16,18)/t13-/m0/s1. The molecule has 0 aromatic heterocycles. The molecule has 0 fully saturated rings. The third kappa shape index (κ3) is 5.29. The fraction of sp³-hybridized carbons (Fsp3) is 0.500. The van der Waals surface area contributed by atoms with Crippen LogP contribution in [0.15, 0.2) is 30.3 Å². The lowest BCUT2D eigenvalue weighted by Gasteiger charge is -2.13. The van der Waals surface area contributed by atoms with Crippen LogP contribution in [0.2, 0.25) is 0 Å². The lowest BCUT2D eigenvalue weighted by atomic mass is 10.1. The average Bonchev–Trinajstić information content (AvgIpc) is 2.38. The Kier molecular flexibility index (Phi) is 6.39. The molecule has 1 aromatic rings. The van der Waals surface area contributed by atoms with E-state index in [1.54, 1.807) is 0 Å². The molecule has 4 nitrogen and oxygen atoms in total. The molecule has 1 rings (SSSR count). The van der Waals surface area contributed by atoms with Crippen molar-refractivity contribution in [3.8, 4) is 0 Å². The van der Waals surface area contributed by atoms with Crippen molar-refractivity contribution in [1.82, 2.24) is 10.6 Å². The Morgan fingerprint density at radius 3 is 2.50 bits per heavy atom. The number of carbonyl (C=O) groups is 1. The Labute approximate surface area is 108 Å². The van der Waals surface area contributed by atoms with Gasteiger partial charge in [-0.05, 0) is 5.56 Å². The van der Waals surface area contributed by atoms with Crippen LogP contribution in [0.1, 0.15) is 25.5 Å². The number of nitrogens with one attached hydrogen (secondary N) is 2. The molecule has 0 aliphatic carbocycles. The first-order valence-electron chi connectivity index (χ1n) is 6.32. The fourth-order valence-electron chi connectivity index (χ4n) is 1.51. The van der Waals surface area contributed by atoms with Gasteiger partial charge in [0.1, 0.15) is 0 Å². The smallest absolute Gasteiger partial charge is 0.222 e. The predicted molar refractivity (Wildman–Crippen MR) is 72.1 cm³/mol. The molecular weight excluding hydrogens is 228 g/mol. The summed E-state index contributed by atoms with van der Waals surface area (Å²) < 4.78 is 0. The summed E-state index contributed by atoms with van der Waals surface area (Å²) in [7, 11) is 0. The molecule has 4 heteroatoms. The molecule has 0 radical (unpaired) electrons. The van der Waals surface area contributed by atoms with Gasteiger partial charge in [-0.1, -0.05) is 44.2 Å². The largest absolute Gasteiger partial charge is 0.387 e. The lowest BCUT2D eigenvalue weighted by Crippen LogP contribution is -2.35. The maximum absolute atomic E-state index is 11.3. The van der Waals surface area contributed by atoms with Gasteiger partial charge in [0, 0.05) is 25.6 Å². The quantitative estimate of drug-likeness (QED) is 0.635. The first-order valence-corrected chi connectivity index (χ1v) is 6.32. The van der Waals surface area contributed by atoms with Crippen molar-refractivity contribution < 1.29 is 9.90 Å². The predicted octanol–water partition coefficient (Wildman–Crippen LogP) is 1.08. The van der Waals surface area contributed by atoms with E-state index in [9.17, 15) is 9.90 Å². The van der Waals surface area contributed by atoms with Crippen LogP contribution >= 0.6 is 0 Å². The first-order chi connectivity index (χ1) is 8.61. The molecule has 0 unspecified atom stereocenters. The van der Waals surface area contributed by atoms with Crippen LogP contribution < -0.4 is 10.6 Å². The zero-order valence-electron chi connectivity index (χ0n) is 11.0. The van der Waals surface area contributed by atoms with Gasteiger partial charge >= 0.3 is 0 Å². The van der Waals surface area contributed by atoms with Crippen molar-refractivity contribution in [3.63, 3.8) is 0 Å². The fourth-order valence-corrected chi connectivity index (χ4v) is 1.51. The molecule has 0 aliphatic rings. The van der Waals surface area contributed by atoms with Gasteiger partial charge in [-0.25, -0.2) is 0 Å². The van der Waals surface area contributed by atoms with Crippen LogP contribution in [0, 0.1) is 5.92 Å². The van der Waals surface area contributed by atoms with Gasteiger partial charge in [0.15, 0.2) is 0 Å². The third-order valence-corrected chi connectivity index (χ3v) is 2.65. The van der Waals surface area contributed by atoms with Crippen LogP contribution in [0.3, 0.4) is 0 Å². The summed E-state index contributed by atoms with van der Waals surface area (Å²) in [6, 6.07) is 9.52. The minimum atomic E-state index is -0.507. The number of amides is 1. The van der Waals surface area contributed by atoms with E-state index in [0.717, 1.165) is 5.56 Å². The number of hydrogen-bond acceptors (Lipinski definition) is 3. The summed E-state index contributed by atoms with van der Waals surface area (Å²) in [4.78, 5) is 11.3. The van der Waals surface area contributed by atoms with Gasteiger partial charge in [0.25, 0.3) is 0 Å². The van der Waals surface area contributed by atoms with Crippen molar-refractivity contribution in [1.29, 1.82) is 0 Å². The normalized spacial score (nSPS) is 12.4. The summed E-state index contributed by atoms with van der Waals surface area (Å²) in [6.07, 6.45) is -0.507. The summed E-state index contributed by atoms with van der Waals surface area (Å²) in [6.45, 7) is 5.45. The number of rotatable bonds is 7. The molecule has 18 heavy (non-hydrogen) atoms. The highest BCUT2D eigenvalue weighted by Gasteiger charge is 2.07. The molecule has 0 saturated carbocycles. The summed E-state index contributed by atoms with van der Waals surface area (Å²) in [5, 5.41) is 15.8. The first kappa shape index (κ1) is 14.7. The Bertz CT molecular complexity index is 352. The molecule has 100 valence electrons. The number of carbonyl (C=O) groups excluding carboxylic acids is 1. The summed E-state index contributed by atoms with van der Waals surface area (Å²) >= 11 is 0. The number of aliphatic hydroxyl groups is 1. The van der Waals surface area contributed by atoms with Crippen LogP contribution in [0.5, 0.6) is 0 Å². The molecule has 1 amide bonds. The van der Waals surface area contributed by atoms with Gasteiger partial charge in [-0.15, -0.1) is 0 Å². The number of aliphatic hydroxyl groups excluding tert-OH is 1. The van der Waals surface area contributed by atoms with Crippen molar-refractivity contribution in [2.75, 3.05) is 19.6 Å². The Morgan fingerprint density at radius 2 is 1.89 bits per heavy atom. The van der Waals surface area contributed by atoms with Gasteiger partial charge in [0.05, 0.1) is 6.10 Å². The van der Waals surface area contributed by atoms with Crippen molar-refractivity contribution >= 4 is 5.91 Å². The van der Waals surface area contributed by atoms with E-state index in [2.05, 4.69) is 10.6 Å². The van der Waals surface area contributed by atoms with Crippen LogP contribution in [0.25, 0.3) is 0 Å². The minimum Gasteiger partial charge on any atom is -0.387 e. The monoisotopic (exact) mass is 250 g/mol. The maximum Gasteiger partial charge on any atom is 0.222 e. The van der Waals surface area contributed by atoms with Crippen molar-refractivity contribution in [3.05, 3.63) is 35.9 Å². The zero-order chi connectivity index (χ0) is 13.4. The molecule has 3 N–H and O–H groups in total. The summed E-state index contributed by atoms with van der Waals surface area (Å²) in [5.41, 5.74) is 0.899. The van der Waals surface area contributed by atoms with E-state index < -0.39 is 6.10 Å². The van der Waals surface area contributed by atoms with E-state index in [0.29, 0.717) is 19.6 Å². The van der Waals surface area contributed by atoms with Crippen molar-refractivity contribution in [2.24, 2.45) is 5.92 Å². The highest BCUT2D eigenvalue weighted by Crippen LogP contribution is 2.09. The molecular formula is C14H22N2O2. The molecule has 0 bridgehead atoms. The highest BCUT2D eigenvalue weighted by atomic mass is 16.3. The SMILES string of the molecule is CC(C)C(=O)NCCNC[C@H](O)c1ccccc1. The highest BCUT2D eigenvalue weighted by molar-refractivity contribution is 5.77. The minimum absolute atomic E-state index is 0.0138. The van der Waals surface area contributed by atoms with E-state index in [4.69, 9.17) is 0 Å². The van der Waals surface area contributed by atoms with E-state index >= 15 is 0 Å². The third-order valence-electron chi connectivity index (χ3n) is 2.65. The summed E-state index contributed by atoms with van der Waals surface area (Å²) in [5.74, 6) is 0.0697. The van der Waals surface area contributed by atoms with Gasteiger partial charge in [-0.3, -0.25) is 4.79 Å². The Hall–Kier alpha value is -1.39. The second-order valence-corrected chi connectivity index (χ2v) is 4.58. The molecule has 0 saturated heterocycles. The van der Waals surface area contributed by atoms with Crippen LogP contribution in [-0.2, 0) is 4.79 Å². The van der Waals surface area contributed by atoms with Gasteiger partial charge < -0.3 is 15.7 Å². The zero-order valence-corrected chi connectivity index (χ0v) is 11.0. The van der Waals surface area contributed by atoms with E-state index in [1.165, 1.54) is 0 Å². The topological polar surface area (TPSA) is 61.4 Å². The lowest BCUT2D eigenvalue weighted by molar-refractivity contribution is -0.123. The van der Waals surface area contributed by atoms with Crippen molar-refractivity contribution in [2.45, 2.75) is 20.0 Å². The molecule has 1 aromatic carbocycles. The van der Waals surface area contributed by atoms with Crippen LogP contribution in [0.4, 0.5) is 0 Å². The van der Waals surface area contributed by atoms with Crippen LogP contribution in [-0.4, -0.2) is 30.6 Å². The van der Waals surface area contributed by atoms with E-state index in [1.807, 2.05) is 44.2 Å². The average molecular weight is 250 g/mol. The Morgan fingerprint density at radius 1 is 1.22 bits per heavy atom. The molecule has 0 aliphatic heterocycles. The molecule has 0 heterocycles. The number of hydrogen-bond donors (Lipinski definition) is 3. The van der Waals surface area contributed by atoms with E-state index in [-0.39, 0.29) is 11.8 Å². The van der Waals surface area contributed by atoms with Gasteiger partial charge in [-0.2, -0.15) is 0 Å². The van der Waals surface area contributed by atoms with Gasteiger partial charge in [0.2, 0.25) is 5.91 Å². The molecule has 1 atom stereocenters. The second-order valence-electron chi connectivity index (χ2n) is 4.58.